The van der Waals surface area contributed by atoms with E-state index in [4.69, 9.17) is 0 Å². The van der Waals surface area contributed by atoms with Crippen LogP contribution in [0.5, 0.6) is 0 Å². The third-order valence-electron chi connectivity index (χ3n) is 5.66. The molecule has 0 saturated heterocycles. The second-order valence-electron chi connectivity index (χ2n) is 7.49. The second kappa shape index (κ2) is 8.13. The Kier molecular flexibility index (Phi) is 6.65. The van der Waals surface area contributed by atoms with Crippen molar-refractivity contribution in [2.75, 3.05) is 0 Å². The standard InChI is InChI=1S/C10H15.C9H7.C4H10.Hf/c1-7-6-10(4,5)9(3)8(7)2;1-2-5-9-7-3-6-8(9)4-1;1-3-4-2;/h1-5H3;1-7H;3-4H2,1-2H3;. The van der Waals surface area contributed by atoms with Gasteiger partial charge in [-0.05, 0) is 0 Å². The molecule has 128 valence electrons. The van der Waals surface area contributed by atoms with Crippen LogP contribution in [0, 0.1) is 5.41 Å². The molecule has 0 N–H and O–H groups in total. The molecule has 0 nitrogen and oxygen atoms in total. The van der Waals surface area contributed by atoms with Crippen molar-refractivity contribution in [1.29, 1.82) is 0 Å². The zero-order valence-corrected chi connectivity index (χ0v) is 20.0. The molecule has 24 heavy (non-hydrogen) atoms. The van der Waals surface area contributed by atoms with Crippen LogP contribution in [-0.2, 0) is 22.9 Å². The Balaban J connectivity index is 0.000000471. The average Bonchev–Trinajstić information content (AvgIpc) is 3.05. The molecule has 1 unspecified atom stereocenters. The maximum absolute atomic E-state index is 2.47. The fraction of sp³-hybridized carbons (Fsp3) is 0.478. The van der Waals surface area contributed by atoms with Gasteiger partial charge >= 0.3 is 134 Å². The monoisotopic (exact) mass is 488 g/mol. The first-order chi connectivity index (χ1) is 11.3. The molecule has 3 rings (SSSR count). The molecule has 0 radical (unpaired) electrons. The SMILES string of the molecule is CC1=C(C)C(C)(C)[C]([Hf][CH]2C=Cc3ccccc32)=C1C.CCCC. The molecule has 0 aromatic heterocycles. The Morgan fingerprint density at radius 2 is 1.58 bits per heavy atom. The zero-order chi connectivity index (χ0) is 17.9. The topological polar surface area (TPSA) is 0 Å². The van der Waals surface area contributed by atoms with Crippen LogP contribution in [0.3, 0.4) is 0 Å². The molecule has 1 aromatic rings. The molecular weight excluding hydrogens is 455 g/mol. The van der Waals surface area contributed by atoms with Gasteiger partial charge in [0.1, 0.15) is 0 Å². The molecule has 2 aliphatic rings. The quantitative estimate of drug-likeness (QED) is 0.393. The van der Waals surface area contributed by atoms with Crippen LogP contribution in [0.4, 0.5) is 0 Å². The summed E-state index contributed by atoms with van der Waals surface area (Å²) in [6, 6.07) is 8.93. The van der Waals surface area contributed by atoms with Crippen molar-refractivity contribution in [2.24, 2.45) is 5.41 Å². The number of hydrogen-bond donors (Lipinski definition) is 0. The van der Waals surface area contributed by atoms with E-state index in [-0.39, 0.29) is 0 Å². The van der Waals surface area contributed by atoms with Crippen LogP contribution < -0.4 is 0 Å². The smallest absolute Gasteiger partial charge is 0.0564 e. The molecule has 0 fully saturated rings. The second-order valence-corrected chi connectivity index (χ2v) is 12.6. The van der Waals surface area contributed by atoms with Gasteiger partial charge < -0.3 is 0 Å². The Bertz CT molecular complexity index is 684. The van der Waals surface area contributed by atoms with Gasteiger partial charge in [-0.3, -0.25) is 0 Å². The largest absolute Gasteiger partial charge is 0.0654 e. The third-order valence-corrected chi connectivity index (χ3v) is 13.2. The number of allylic oxidation sites excluding steroid dienone is 5. The van der Waals surface area contributed by atoms with Crippen molar-refractivity contribution < 1.29 is 22.9 Å². The number of unbranched alkanes of at least 4 members (excludes halogenated alkanes) is 1. The Hall–Kier alpha value is -0.690. The molecular formula is C23H32Hf. The minimum atomic E-state index is -0.893. The molecule has 0 saturated carbocycles. The van der Waals surface area contributed by atoms with Crippen LogP contribution in [-0.4, -0.2) is 0 Å². The molecule has 1 atom stereocenters. The molecule has 0 spiro atoms. The Morgan fingerprint density at radius 3 is 2.12 bits per heavy atom. The summed E-state index contributed by atoms with van der Waals surface area (Å²) in [7, 11) is 0. The van der Waals surface area contributed by atoms with Crippen molar-refractivity contribution in [2.45, 2.75) is 65.0 Å². The summed E-state index contributed by atoms with van der Waals surface area (Å²) in [5.41, 5.74) is 8.08. The van der Waals surface area contributed by atoms with E-state index in [1.165, 1.54) is 18.4 Å². The first-order valence-electron chi connectivity index (χ1n) is 9.27. The fourth-order valence-corrected chi connectivity index (χ4v) is 10.1. The minimum absolute atomic E-state index is 0.308. The summed E-state index contributed by atoms with van der Waals surface area (Å²) in [6.45, 7) is 16.2. The number of hydrogen-bond acceptors (Lipinski definition) is 0. The van der Waals surface area contributed by atoms with Crippen molar-refractivity contribution in [1.82, 2.24) is 0 Å². The molecule has 2 aliphatic carbocycles. The van der Waals surface area contributed by atoms with Gasteiger partial charge in [0.05, 0.1) is 0 Å². The molecule has 1 aromatic carbocycles. The first kappa shape index (κ1) is 19.6. The minimum Gasteiger partial charge on any atom is -0.0654 e. The fourth-order valence-electron chi connectivity index (χ4n) is 3.41. The maximum Gasteiger partial charge on any atom is -0.0564 e. The summed E-state index contributed by atoms with van der Waals surface area (Å²) in [5.74, 6) is 0. The van der Waals surface area contributed by atoms with Crippen LogP contribution in [0.2, 0.25) is 0 Å². The molecule has 0 bridgehead atoms. The molecule has 0 aliphatic heterocycles. The van der Waals surface area contributed by atoms with Crippen molar-refractivity contribution >= 4 is 6.08 Å². The summed E-state index contributed by atoms with van der Waals surface area (Å²) in [4.78, 5) is 0. The van der Waals surface area contributed by atoms with E-state index in [1.807, 2.05) is 3.33 Å². The Morgan fingerprint density at radius 1 is 0.958 bits per heavy atom. The zero-order valence-electron chi connectivity index (χ0n) is 16.5. The van der Waals surface area contributed by atoms with Gasteiger partial charge in [0.25, 0.3) is 0 Å². The third kappa shape index (κ3) is 3.77. The average molecular weight is 487 g/mol. The summed E-state index contributed by atoms with van der Waals surface area (Å²) in [5, 5.41) is 0. The van der Waals surface area contributed by atoms with E-state index >= 15 is 0 Å². The van der Waals surface area contributed by atoms with E-state index in [0.29, 0.717) is 5.41 Å². The first-order valence-corrected chi connectivity index (χ1v) is 13.1. The van der Waals surface area contributed by atoms with Crippen LogP contribution in [0.1, 0.15) is 76.1 Å². The van der Waals surface area contributed by atoms with Crippen molar-refractivity contribution in [3.8, 4) is 0 Å². The van der Waals surface area contributed by atoms with E-state index in [0.717, 1.165) is 3.67 Å². The van der Waals surface area contributed by atoms with E-state index in [1.54, 1.807) is 22.3 Å². The van der Waals surface area contributed by atoms with Crippen LogP contribution >= 0.6 is 0 Å². The Labute approximate surface area is 160 Å². The van der Waals surface area contributed by atoms with Crippen molar-refractivity contribution in [3.05, 3.63) is 61.5 Å². The van der Waals surface area contributed by atoms with Gasteiger partial charge in [0, 0.05) is 0 Å². The van der Waals surface area contributed by atoms with Crippen molar-refractivity contribution in [3.63, 3.8) is 0 Å². The van der Waals surface area contributed by atoms with Gasteiger partial charge in [-0.25, -0.2) is 0 Å². The maximum atomic E-state index is 2.47. The normalized spacial score (nSPS) is 20.9. The summed E-state index contributed by atoms with van der Waals surface area (Å²) in [6.07, 6.45) is 7.44. The van der Waals surface area contributed by atoms with E-state index < -0.39 is 22.9 Å². The van der Waals surface area contributed by atoms with Gasteiger partial charge in [0.2, 0.25) is 0 Å². The van der Waals surface area contributed by atoms with E-state index in [2.05, 4.69) is 84.9 Å². The molecule has 1 heteroatoms. The number of rotatable bonds is 3. The van der Waals surface area contributed by atoms with Crippen LogP contribution in [0.25, 0.3) is 6.08 Å². The van der Waals surface area contributed by atoms with Gasteiger partial charge in [0.15, 0.2) is 0 Å². The van der Waals surface area contributed by atoms with Gasteiger partial charge in [-0.2, -0.15) is 0 Å². The number of fused-ring (bicyclic) bond motifs is 1. The predicted molar refractivity (Wildman–Crippen MR) is 104 cm³/mol. The summed E-state index contributed by atoms with van der Waals surface area (Å²) >= 11 is -0.893. The summed E-state index contributed by atoms with van der Waals surface area (Å²) < 4.78 is 2.56. The van der Waals surface area contributed by atoms with Gasteiger partial charge in [-0.15, -0.1) is 0 Å². The number of benzene rings is 1. The molecule has 0 heterocycles. The van der Waals surface area contributed by atoms with Gasteiger partial charge in [-0.1, -0.05) is 26.7 Å². The van der Waals surface area contributed by atoms with E-state index in [9.17, 15) is 0 Å². The predicted octanol–water partition coefficient (Wildman–Crippen LogP) is 7.29. The van der Waals surface area contributed by atoms with Crippen LogP contribution in [0.15, 0.2) is 50.4 Å². The molecule has 0 amide bonds.